The molecule has 0 radical (unpaired) electrons. The Morgan fingerprint density at radius 3 is 2.67 bits per heavy atom. The molecular weight excluding hydrogens is 304 g/mol. The van der Waals surface area contributed by atoms with Crippen molar-refractivity contribution in [3.05, 3.63) is 76.3 Å². The number of aromatic nitrogens is 3. The molecule has 0 bridgehead atoms. The fourth-order valence-electron chi connectivity index (χ4n) is 2.59. The molecule has 118 valence electrons. The maximum atomic E-state index is 12.2. The maximum absolute atomic E-state index is 12.2. The number of aromatic hydroxyl groups is 1. The van der Waals surface area contributed by atoms with Crippen LogP contribution in [0.25, 0.3) is 16.4 Å². The third-order valence-corrected chi connectivity index (χ3v) is 3.82. The Morgan fingerprint density at radius 1 is 1.12 bits per heavy atom. The van der Waals surface area contributed by atoms with Crippen LogP contribution >= 0.6 is 0 Å². The quantitative estimate of drug-likeness (QED) is 0.565. The minimum atomic E-state index is -0.485. The summed E-state index contributed by atoms with van der Waals surface area (Å²) in [6.07, 6.45) is 0. The number of hydrogen-bond donors (Lipinski definition) is 2. The molecule has 0 saturated heterocycles. The number of H-pyrrole nitrogens is 1. The Morgan fingerprint density at radius 2 is 1.88 bits per heavy atom. The summed E-state index contributed by atoms with van der Waals surface area (Å²) in [5.41, 5.74) is 2.54. The highest BCUT2D eigenvalue weighted by Crippen LogP contribution is 2.17. The third-order valence-electron chi connectivity index (χ3n) is 3.82. The minimum Gasteiger partial charge on any atom is -0.493 e. The zero-order valence-electron chi connectivity index (χ0n) is 12.9. The van der Waals surface area contributed by atoms with Crippen LogP contribution in [0, 0.1) is 6.92 Å². The van der Waals surface area contributed by atoms with Crippen molar-refractivity contribution in [3.8, 4) is 5.88 Å². The van der Waals surface area contributed by atoms with Crippen molar-refractivity contribution in [2.75, 3.05) is 0 Å². The van der Waals surface area contributed by atoms with E-state index in [-0.39, 0.29) is 11.5 Å². The second-order valence-electron chi connectivity index (χ2n) is 5.56. The van der Waals surface area contributed by atoms with Gasteiger partial charge in [-0.25, -0.2) is 19.2 Å². The number of fused-ring (bicyclic) bond motifs is 2. The van der Waals surface area contributed by atoms with Gasteiger partial charge in [-0.1, -0.05) is 35.9 Å². The number of aryl methyl sites for hydroxylation is 1. The molecule has 0 fully saturated rings. The Hall–Kier alpha value is -3.41. The Balaban J connectivity index is 2.19. The van der Waals surface area contributed by atoms with Crippen LogP contribution in [0.3, 0.4) is 0 Å². The number of hydrogen-bond acceptors (Lipinski definition) is 4. The first-order valence-corrected chi connectivity index (χ1v) is 7.47. The monoisotopic (exact) mass is 318 g/mol. The van der Waals surface area contributed by atoms with E-state index in [0.29, 0.717) is 16.7 Å². The Bertz CT molecular complexity index is 1190. The highest BCUT2D eigenvalue weighted by molar-refractivity contribution is 5.82. The van der Waals surface area contributed by atoms with Gasteiger partial charge in [-0.3, -0.25) is 4.98 Å². The molecule has 6 heteroatoms. The number of rotatable bonds is 1. The summed E-state index contributed by atoms with van der Waals surface area (Å²) in [4.78, 5) is 23.6. The molecule has 0 saturated carbocycles. The first kappa shape index (κ1) is 14.2. The van der Waals surface area contributed by atoms with Gasteiger partial charge in [0.25, 0.3) is 0 Å². The molecule has 4 rings (SSSR count). The van der Waals surface area contributed by atoms with Crippen LogP contribution in [0.5, 0.6) is 5.88 Å². The van der Waals surface area contributed by atoms with Gasteiger partial charge in [0.2, 0.25) is 11.5 Å². The molecule has 0 unspecified atom stereocenters. The molecule has 6 nitrogen and oxygen atoms in total. The molecule has 0 spiro atoms. The van der Waals surface area contributed by atoms with Gasteiger partial charge in [-0.2, -0.15) is 0 Å². The minimum absolute atomic E-state index is 0.205. The molecule has 0 amide bonds. The van der Waals surface area contributed by atoms with Crippen molar-refractivity contribution in [3.63, 3.8) is 0 Å². The summed E-state index contributed by atoms with van der Waals surface area (Å²) < 4.78 is 1.27. The van der Waals surface area contributed by atoms with Gasteiger partial charge < -0.3 is 5.11 Å². The number of nitrogens with zero attached hydrogens (tertiary/aromatic N) is 3. The molecular formula is C18H14N4O2. The van der Waals surface area contributed by atoms with Crippen LogP contribution in [0.15, 0.2) is 64.4 Å². The van der Waals surface area contributed by atoms with Gasteiger partial charge >= 0.3 is 5.69 Å². The van der Waals surface area contributed by atoms with E-state index in [4.69, 9.17) is 0 Å². The summed E-state index contributed by atoms with van der Waals surface area (Å²) in [7, 11) is 0. The molecule has 2 aromatic heterocycles. The van der Waals surface area contributed by atoms with Crippen molar-refractivity contribution in [1.82, 2.24) is 14.4 Å². The average molecular weight is 318 g/mol. The van der Waals surface area contributed by atoms with Crippen molar-refractivity contribution < 1.29 is 5.11 Å². The van der Waals surface area contributed by atoms with E-state index in [1.807, 2.05) is 55.5 Å². The number of para-hydroxylation sites is 1. The van der Waals surface area contributed by atoms with Crippen molar-refractivity contribution in [2.45, 2.75) is 6.92 Å². The van der Waals surface area contributed by atoms with E-state index in [1.165, 1.54) is 4.40 Å². The van der Waals surface area contributed by atoms with E-state index in [0.717, 1.165) is 10.9 Å². The van der Waals surface area contributed by atoms with E-state index in [9.17, 15) is 9.90 Å². The predicted octanol–water partition coefficient (Wildman–Crippen LogP) is 2.42. The summed E-state index contributed by atoms with van der Waals surface area (Å²) in [5.74, 6) is -0.205. The highest BCUT2D eigenvalue weighted by Gasteiger charge is 2.09. The van der Waals surface area contributed by atoms with Crippen LogP contribution in [0.1, 0.15) is 5.56 Å². The largest absolute Gasteiger partial charge is 0.493 e. The molecule has 0 aliphatic heterocycles. The molecule has 4 aromatic rings. The normalized spacial score (nSPS) is 12.1. The van der Waals surface area contributed by atoms with Crippen molar-refractivity contribution in [1.29, 1.82) is 0 Å². The average Bonchev–Trinajstić information content (AvgIpc) is 2.75. The van der Waals surface area contributed by atoms with Gasteiger partial charge in [0.15, 0.2) is 0 Å². The van der Waals surface area contributed by atoms with Crippen LogP contribution < -0.4 is 11.3 Å². The lowest BCUT2D eigenvalue weighted by atomic mass is 10.2. The molecule has 0 aliphatic carbocycles. The Kier molecular flexibility index (Phi) is 3.16. The van der Waals surface area contributed by atoms with Gasteiger partial charge in [0, 0.05) is 5.39 Å². The van der Waals surface area contributed by atoms with Crippen LogP contribution in [0.4, 0.5) is 5.69 Å². The summed E-state index contributed by atoms with van der Waals surface area (Å²) in [6.45, 7) is 1.99. The van der Waals surface area contributed by atoms with Crippen LogP contribution in [0.2, 0.25) is 0 Å². The first-order chi connectivity index (χ1) is 11.6. The topological polar surface area (TPSA) is 82.8 Å². The molecule has 0 atom stereocenters. The standard InChI is InChI=1S/C18H14N4O2/c1-11-6-8-13(9-7-11)19-17-20-14-5-3-2-4-12(14)10-15-16(23)21-18(24)22(15)17/h2-10,23H,1H3,(H,21,24). The van der Waals surface area contributed by atoms with Crippen LogP contribution in [-0.4, -0.2) is 19.5 Å². The second kappa shape index (κ2) is 5.34. The lowest BCUT2D eigenvalue weighted by molar-refractivity contribution is 0.461. The first-order valence-electron chi connectivity index (χ1n) is 7.47. The third kappa shape index (κ3) is 2.34. The zero-order chi connectivity index (χ0) is 16.7. The molecule has 2 aromatic carbocycles. The summed E-state index contributed by atoms with van der Waals surface area (Å²) >= 11 is 0. The maximum Gasteiger partial charge on any atom is 0.335 e. The number of nitrogens with one attached hydrogen (secondary N) is 1. The predicted molar refractivity (Wildman–Crippen MR) is 91.4 cm³/mol. The van der Waals surface area contributed by atoms with Gasteiger partial charge in [0.05, 0.1) is 11.2 Å². The van der Waals surface area contributed by atoms with Crippen LogP contribution in [-0.2, 0) is 0 Å². The van der Waals surface area contributed by atoms with Gasteiger partial charge in [-0.15, -0.1) is 0 Å². The number of aromatic amines is 1. The van der Waals surface area contributed by atoms with E-state index < -0.39 is 5.69 Å². The lowest BCUT2D eigenvalue weighted by Gasteiger charge is -1.94. The summed E-state index contributed by atoms with van der Waals surface area (Å²) in [6, 6.07) is 16.8. The molecule has 2 N–H and O–H groups in total. The van der Waals surface area contributed by atoms with Crippen molar-refractivity contribution >= 4 is 22.1 Å². The Labute approximate surface area is 136 Å². The van der Waals surface area contributed by atoms with Gasteiger partial charge in [-0.05, 0) is 31.2 Å². The molecule has 24 heavy (non-hydrogen) atoms. The van der Waals surface area contributed by atoms with Crippen molar-refractivity contribution in [2.24, 2.45) is 4.99 Å². The van der Waals surface area contributed by atoms with E-state index >= 15 is 0 Å². The molecule has 0 aliphatic rings. The second-order valence-corrected chi connectivity index (χ2v) is 5.56. The highest BCUT2D eigenvalue weighted by atomic mass is 16.3. The zero-order valence-corrected chi connectivity index (χ0v) is 12.9. The SMILES string of the molecule is Cc1ccc(N=c2nc3ccccc3cc3c(O)[nH]c(=O)n23)cc1. The fraction of sp³-hybridized carbons (Fsp3) is 0.0556. The number of imidazole rings is 1. The summed E-state index contributed by atoms with van der Waals surface area (Å²) in [5, 5.41) is 10.8. The fourth-order valence-corrected chi connectivity index (χ4v) is 2.59. The van der Waals surface area contributed by atoms with Gasteiger partial charge in [0.1, 0.15) is 5.52 Å². The smallest absolute Gasteiger partial charge is 0.335 e. The lowest BCUT2D eigenvalue weighted by Crippen LogP contribution is -2.25. The van der Waals surface area contributed by atoms with E-state index in [1.54, 1.807) is 6.07 Å². The number of benzene rings is 2. The van der Waals surface area contributed by atoms with E-state index in [2.05, 4.69) is 15.0 Å². The molecule has 2 heterocycles.